The molecule has 0 radical (unpaired) electrons. The van der Waals surface area contributed by atoms with Crippen molar-refractivity contribution in [3.63, 3.8) is 0 Å². The maximum absolute atomic E-state index is 13.5. The van der Waals surface area contributed by atoms with Crippen LogP contribution in [0.5, 0.6) is 0 Å². The molecule has 1 aliphatic rings. The van der Waals surface area contributed by atoms with Crippen molar-refractivity contribution in [1.29, 1.82) is 0 Å². The van der Waals surface area contributed by atoms with Crippen molar-refractivity contribution in [1.82, 2.24) is 9.88 Å². The molecular formula is C31H37ClN2O5. The molecule has 3 aromatic rings. The molecule has 8 heteroatoms. The first kappa shape index (κ1) is 28.7. The van der Waals surface area contributed by atoms with Crippen LogP contribution >= 0.6 is 11.6 Å². The van der Waals surface area contributed by atoms with Gasteiger partial charge in [-0.15, -0.1) is 0 Å². The van der Waals surface area contributed by atoms with Crippen LogP contribution in [0.25, 0.3) is 0 Å². The van der Waals surface area contributed by atoms with Crippen LogP contribution < -0.4 is 0 Å². The number of aromatic amines is 1. The van der Waals surface area contributed by atoms with Gasteiger partial charge in [-0.2, -0.15) is 0 Å². The summed E-state index contributed by atoms with van der Waals surface area (Å²) in [4.78, 5) is 31.7. The molecule has 2 N–H and O–H groups in total. The van der Waals surface area contributed by atoms with E-state index in [1.165, 1.54) is 0 Å². The molecule has 0 saturated heterocycles. The molecule has 0 aliphatic carbocycles. The van der Waals surface area contributed by atoms with Gasteiger partial charge in [0.15, 0.2) is 0 Å². The SMILES string of the molecule is COCCC(c1ccc(Cl)cc1)(c1ccc[nH]1)C(CC1Cc2ccccc2CN1C(=O)OC(C)(C)C)C(=O)O. The Morgan fingerprint density at radius 1 is 1.08 bits per heavy atom. The molecule has 2 heterocycles. The molecule has 0 fully saturated rings. The lowest BCUT2D eigenvalue weighted by atomic mass is 9.63. The summed E-state index contributed by atoms with van der Waals surface area (Å²) in [5.41, 5.74) is 2.10. The van der Waals surface area contributed by atoms with Crippen LogP contribution in [0, 0.1) is 5.92 Å². The predicted molar refractivity (Wildman–Crippen MR) is 151 cm³/mol. The van der Waals surface area contributed by atoms with Crippen molar-refractivity contribution in [2.45, 2.75) is 63.6 Å². The van der Waals surface area contributed by atoms with Crippen molar-refractivity contribution in [3.05, 3.63) is 94.3 Å². The highest BCUT2D eigenvalue weighted by Gasteiger charge is 2.49. The first-order valence-corrected chi connectivity index (χ1v) is 13.6. The number of carbonyl (C=O) groups excluding carboxylic acids is 1. The number of carbonyl (C=O) groups is 2. The number of H-pyrrole nitrogens is 1. The second-order valence-corrected chi connectivity index (χ2v) is 11.6. The summed E-state index contributed by atoms with van der Waals surface area (Å²) in [5.74, 6) is -1.84. The summed E-state index contributed by atoms with van der Waals surface area (Å²) in [6.07, 6.45) is 2.52. The Labute approximate surface area is 235 Å². The Bertz CT molecular complexity index is 1270. The highest BCUT2D eigenvalue weighted by atomic mass is 35.5. The Morgan fingerprint density at radius 3 is 2.36 bits per heavy atom. The average Bonchev–Trinajstić information content (AvgIpc) is 3.43. The molecule has 3 atom stereocenters. The summed E-state index contributed by atoms with van der Waals surface area (Å²) in [6, 6.07) is 18.7. The van der Waals surface area contributed by atoms with Crippen LogP contribution in [0.4, 0.5) is 4.79 Å². The smallest absolute Gasteiger partial charge is 0.410 e. The van der Waals surface area contributed by atoms with Crippen molar-refractivity contribution in [2.24, 2.45) is 5.92 Å². The van der Waals surface area contributed by atoms with E-state index in [4.69, 9.17) is 21.1 Å². The molecule has 0 saturated carbocycles. The number of fused-ring (bicyclic) bond motifs is 1. The molecule has 3 unspecified atom stereocenters. The Kier molecular flexibility index (Phi) is 8.72. The number of aliphatic carboxylic acids is 1. The molecule has 208 valence electrons. The second kappa shape index (κ2) is 11.8. The third-order valence-corrected chi connectivity index (χ3v) is 7.77. The van der Waals surface area contributed by atoms with Gasteiger partial charge in [0, 0.05) is 43.2 Å². The number of benzene rings is 2. The minimum absolute atomic E-state index is 0.217. The van der Waals surface area contributed by atoms with Crippen LogP contribution in [0.1, 0.15) is 56.0 Å². The zero-order valence-electron chi connectivity index (χ0n) is 22.9. The molecule has 0 bridgehead atoms. The lowest BCUT2D eigenvalue weighted by molar-refractivity contribution is -0.145. The van der Waals surface area contributed by atoms with Crippen molar-refractivity contribution >= 4 is 23.7 Å². The quantitative estimate of drug-likeness (QED) is 0.318. The largest absolute Gasteiger partial charge is 0.481 e. The summed E-state index contributed by atoms with van der Waals surface area (Å²) in [7, 11) is 1.61. The third-order valence-electron chi connectivity index (χ3n) is 7.52. The fourth-order valence-electron chi connectivity index (χ4n) is 5.73. The monoisotopic (exact) mass is 552 g/mol. The molecule has 1 aromatic heterocycles. The van der Waals surface area contributed by atoms with Gasteiger partial charge in [-0.3, -0.25) is 4.79 Å². The molecule has 4 rings (SSSR count). The third kappa shape index (κ3) is 6.31. The van der Waals surface area contributed by atoms with Crippen LogP contribution in [-0.2, 0) is 32.6 Å². The van der Waals surface area contributed by atoms with E-state index in [1.54, 1.807) is 30.3 Å². The first-order chi connectivity index (χ1) is 18.5. The van der Waals surface area contributed by atoms with Gasteiger partial charge in [0.25, 0.3) is 0 Å². The maximum atomic E-state index is 13.5. The fraction of sp³-hybridized carbons (Fsp3) is 0.419. The van der Waals surface area contributed by atoms with E-state index in [-0.39, 0.29) is 12.5 Å². The first-order valence-electron chi connectivity index (χ1n) is 13.2. The van der Waals surface area contributed by atoms with Crippen LogP contribution in [0.2, 0.25) is 5.02 Å². The molecule has 1 amide bonds. The van der Waals surface area contributed by atoms with E-state index in [0.29, 0.717) is 31.0 Å². The fourth-order valence-corrected chi connectivity index (χ4v) is 5.86. The number of carboxylic acid groups (broad SMARTS) is 1. The molecule has 2 aromatic carbocycles. The van der Waals surface area contributed by atoms with Gasteiger partial charge in [0.2, 0.25) is 0 Å². The Balaban J connectivity index is 1.82. The van der Waals surface area contributed by atoms with E-state index < -0.39 is 29.0 Å². The van der Waals surface area contributed by atoms with Crippen LogP contribution in [0.3, 0.4) is 0 Å². The zero-order valence-corrected chi connectivity index (χ0v) is 23.7. The Hall–Kier alpha value is -3.29. The van der Waals surface area contributed by atoms with Gasteiger partial charge in [0.05, 0.1) is 11.3 Å². The van der Waals surface area contributed by atoms with Gasteiger partial charge in [0.1, 0.15) is 5.60 Å². The van der Waals surface area contributed by atoms with E-state index in [9.17, 15) is 14.7 Å². The predicted octanol–water partition coefficient (Wildman–Crippen LogP) is 6.44. The van der Waals surface area contributed by atoms with Crippen LogP contribution in [0.15, 0.2) is 66.9 Å². The standard InChI is InChI=1S/C31H37ClN2O5/c1-30(2,3)39-29(37)34-20-22-9-6-5-8-21(22)18-25(34)19-26(28(35)36)31(15-17-38-4,27-10-7-16-33-27)23-11-13-24(32)14-12-23/h5-14,16,25-26,33H,15,17-20H2,1-4H3,(H,35,36). The van der Waals surface area contributed by atoms with E-state index in [1.807, 2.05) is 69.3 Å². The molecule has 1 aliphatic heterocycles. The van der Waals surface area contributed by atoms with Gasteiger partial charge in [-0.1, -0.05) is 48.0 Å². The molecule has 39 heavy (non-hydrogen) atoms. The normalized spacial score (nSPS) is 17.7. The van der Waals surface area contributed by atoms with Gasteiger partial charge < -0.3 is 24.5 Å². The highest BCUT2D eigenvalue weighted by molar-refractivity contribution is 6.30. The number of methoxy groups -OCH3 is 1. The number of nitrogens with one attached hydrogen (secondary N) is 1. The van der Waals surface area contributed by atoms with Gasteiger partial charge in [-0.25, -0.2) is 4.79 Å². The Morgan fingerprint density at radius 2 is 1.77 bits per heavy atom. The number of carboxylic acids is 1. The summed E-state index contributed by atoms with van der Waals surface area (Å²) >= 11 is 6.24. The number of hydrogen-bond donors (Lipinski definition) is 2. The molecule has 0 spiro atoms. The number of hydrogen-bond acceptors (Lipinski definition) is 4. The number of nitrogens with zero attached hydrogens (tertiary/aromatic N) is 1. The summed E-state index contributed by atoms with van der Waals surface area (Å²) in [6.45, 7) is 6.20. The highest BCUT2D eigenvalue weighted by Crippen LogP contribution is 2.45. The number of rotatable bonds is 9. The van der Waals surface area contributed by atoms with Gasteiger partial charge in [-0.05, 0) is 81.0 Å². The number of amides is 1. The van der Waals surface area contributed by atoms with Crippen molar-refractivity contribution in [3.8, 4) is 0 Å². The van der Waals surface area contributed by atoms with Crippen molar-refractivity contribution < 1.29 is 24.2 Å². The maximum Gasteiger partial charge on any atom is 0.410 e. The summed E-state index contributed by atoms with van der Waals surface area (Å²) < 4.78 is 11.3. The lowest BCUT2D eigenvalue weighted by Gasteiger charge is -2.44. The zero-order chi connectivity index (χ0) is 28.2. The van der Waals surface area contributed by atoms with E-state index in [2.05, 4.69) is 4.98 Å². The number of ether oxygens (including phenoxy) is 2. The van der Waals surface area contributed by atoms with Crippen molar-refractivity contribution in [2.75, 3.05) is 13.7 Å². The average molecular weight is 553 g/mol. The van der Waals surface area contributed by atoms with E-state index >= 15 is 0 Å². The molecule has 7 nitrogen and oxygen atoms in total. The van der Waals surface area contributed by atoms with Gasteiger partial charge >= 0.3 is 12.1 Å². The number of halogens is 1. The topological polar surface area (TPSA) is 91.9 Å². The van der Waals surface area contributed by atoms with E-state index in [0.717, 1.165) is 22.4 Å². The second-order valence-electron chi connectivity index (χ2n) is 11.2. The summed E-state index contributed by atoms with van der Waals surface area (Å²) in [5, 5.41) is 11.4. The minimum atomic E-state index is -0.966. The lowest BCUT2D eigenvalue weighted by Crippen LogP contribution is -2.51. The molecular weight excluding hydrogens is 516 g/mol. The minimum Gasteiger partial charge on any atom is -0.481 e. The van der Waals surface area contributed by atoms with Crippen LogP contribution in [-0.4, -0.2) is 52.4 Å². The number of aromatic nitrogens is 1.